The summed E-state index contributed by atoms with van der Waals surface area (Å²) in [6.07, 6.45) is 2.09. The van der Waals surface area contributed by atoms with Crippen molar-refractivity contribution < 1.29 is 4.79 Å². The number of carbonyl (C=O) groups excluding carboxylic acids is 1. The zero-order valence-electron chi connectivity index (χ0n) is 9.73. The molecule has 2 heterocycles. The molecule has 16 heavy (non-hydrogen) atoms. The van der Waals surface area contributed by atoms with Gasteiger partial charge in [-0.05, 0) is 19.9 Å². The second-order valence-corrected chi connectivity index (χ2v) is 4.33. The summed E-state index contributed by atoms with van der Waals surface area (Å²) in [5, 5.41) is 10.0. The smallest absolute Gasteiger partial charge is 0.228 e. The predicted octanol–water partition coefficient (Wildman–Crippen LogP) is 0.161. The Morgan fingerprint density at radius 2 is 2.44 bits per heavy atom. The van der Waals surface area contributed by atoms with Gasteiger partial charge in [-0.15, -0.1) is 0 Å². The van der Waals surface area contributed by atoms with Gasteiger partial charge in [0.1, 0.15) is 0 Å². The lowest BCUT2D eigenvalue weighted by Gasteiger charge is -2.38. The van der Waals surface area contributed by atoms with Gasteiger partial charge in [-0.1, -0.05) is 0 Å². The van der Waals surface area contributed by atoms with Crippen LogP contribution in [-0.2, 0) is 11.2 Å². The van der Waals surface area contributed by atoms with Gasteiger partial charge in [-0.3, -0.25) is 9.89 Å². The molecule has 1 fully saturated rings. The molecule has 0 aromatic carbocycles. The number of piperazine rings is 1. The number of hydrogen-bond acceptors (Lipinski definition) is 3. The van der Waals surface area contributed by atoms with Gasteiger partial charge in [-0.2, -0.15) is 5.10 Å². The summed E-state index contributed by atoms with van der Waals surface area (Å²) in [4.78, 5) is 14.0. The molecule has 2 rings (SSSR count). The average molecular weight is 222 g/mol. The number of nitrogens with zero attached hydrogens (tertiary/aromatic N) is 2. The first kappa shape index (κ1) is 11.1. The highest BCUT2D eigenvalue weighted by Crippen LogP contribution is 2.10. The molecule has 2 atom stereocenters. The highest BCUT2D eigenvalue weighted by atomic mass is 16.2. The van der Waals surface area contributed by atoms with Crippen molar-refractivity contribution >= 4 is 5.91 Å². The van der Waals surface area contributed by atoms with Crippen LogP contribution in [0.1, 0.15) is 19.5 Å². The van der Waals surface area contributed by atoms with E-state index in [2.05, 4.69) is 29.4 Å². The van der Waals surface area contributed by atoms with Gasteiger partial charge in [0, 0.05) is 37.1 Å². The minimum absolute atomic E-state index is 0.171. The fraction of sp³-hybridized carbons (Fsp3) is 0.636. The van der Waals surface area contributed by atoms with Crippen LogP contribution in [0, 0.1) is 0 Å². The van der Waals surface area contributed by atoms with E-state index in [9.17, 15) is 4.79 Å². The lowest BCUT2D eigenvalue weighted by molar-refractivity contribution is -0.134. The van der Waals surface area contributed by atoms with Gasteiger partial charge in [0.15, 0.2) is 0 Å². The zero-order valence-corrected chi connectivity index (χ0v) is 9.73. The van der Waals surface area contributed by atoms with Crippen LogP contribution in [0.15, 0.2) is 12.3 Å². The van der Waals surface area contributed by atoms with Crippen LogP contribution < -0.4 is 5.32 Å². The number of aromatic nitrogens is 2. The zero-order chi connectivity index (χ0) is 11.5. The van der Waals surface area contributed by atoms with Crippen molar-refractivity contribution in [3.05, 3.63) is 18.0 Å². The molecule has 88 valence electrons. The van der Waals surface area contributed by atoms with E-state index in [1.54, 1.807) is 6.20 Å². The molecule has 2 unspecified atom stereocenters. The van der Waals surface area contributed by atoms with Crippen molar-refractivity contribution in [1.82, 2.24) is 20.4 Å². The maximum atomic E-state index is 12.1. The SMILES string of the molecule is CC1NCCN(C(=O)Cc2ccn[nH]2)C1C. The summed E-state index contributed by atoms with van der Waals surface area (Å²) in [6, 6.07) is 2.46. The van der Waals surface area contributed by atoms with Gasteiger partial charge in [0.05, 0.1) is 6.42 Å². The minimum Gasteiger partial charge on any atom is -0.337 e. The van der Waals surface area contributed by atoms with Crippen molar-refractivity contribution in [2.75, 3.05) is 13.1 Å². The second kappa shape index (κ2) is 4.65. The van der Waals surface area contributed by atoms with Crippen LogP contribution in [-0.4, -0.2) is 46.2 Å². The molecule has 0 saturated carbocycles. The first-order chi connectivity index (χ1) is 7.68. The molecule has 1 aromatic rings. The molecule has 0 aliphatic carbocycles. The molecule has 1 saturated heterocycles. The fourth-order valence-corrected chi connectivity index (χ4v) is 2.06. The van der Waals surface area contributed by atoms with E-state index in [1.165, 1.54) is 0 Å². The summed E-state index contributed by atoms with van der Waals surface area (Å²) in [5.74, 6) is 0.171. The molecular weight excluding hydrogens is 204 g/mol. The van der Waals surface area contributed by atoms with Crippen LogP contribution in [0.2, 0.25) is 0 Å². The average Bonchev–Trinajstić information content (AvgIpc) is 2.74. The van der Waals surface area contributed by atoms with Crippen LogP contribution in [0.5, 0.6) is 0 Å². The number of amides is 1. The highest BCUT2D eigenvalue weighted by molar-refractivity contribution is 5.78. The third-order valence-electron chi connectivity index (χ3n) is 3.25. The number of H-pyrrole nitrogens is 1. The summed E-state index contributed by atoms with van der Waals surface area (Å²) in [5.41, 5.74) is 0.878. The molecule has 0 radical (unpaired) electrons. The molecule has 0 spiro atoms. The Morgan fingerprint density at radius 1 is 1.62 bits per heavy atom. The topological polar surface area (TPSA) is 61.0 Å². The van der Waals surface area contributed by atoms with E-state index in [-0.39, 0.29) is 11.9 Å². The number of aromatic amines is 1. The third-order valence-corrected chi connectivity index (χ3v) is 3.25. The largest absolute Gasteiger partial charge is 0.337 e. The molecule has 2 N–H and O–H groups in total. The third kappa shape index (κ3) is 2.24. The van der Waals surface area contributed by atoms with Gasteiger partial charge < -0.3 is 10.2 Å². The van der Waals surface area contributed by atoms with E-state index >= 15 is 0 Å². The Hall–Kier alpha value is -1.36. The van der Waals surface area contributed by atoms with Crippen LogP contribution in [0.4, 0.5) is 0 Å². The van der Waals surface area contributed by atoms with Crippen LogP contribution >= 0.6 is 0 Å². The molecule has 1 aliphatic heterocycles. The molecule has 1 aliphatic rings. The highest BCUT2D eigenvalue weighted by Gasteiger charge is 2.27. The summed E-state index contributed by atoms with van der Waals surface area (Å²) >= 11 is 0. The fourth-order valence-electron chi connectivity index (χ4n) is 2.06. The monoisotopic (exact) mass is 222 g/mol. The van der Waals surface area contributed by atoms with Crippen molar-refractivity contribution in [3.8, 4) is 0 Å². The van der Waals surface area contributed by atoms with Gasteiger partial charge in [0.25, 0.3) is 0 Å². The molecule has 5 heteroatoms. The number of carbonyl (C=O) groups is 1. The van der Waals surface area contributed by atoms with Gasteiger partial charge in [-0.25, -0.2) is 0 Å². The maximum absolute atomic E-state index is 12.1. The van der Waals surface area contributed by atoms with Crippen LogP contribution in [0.25, 0.3) is 0 Å². The molecule has 1 amide bonds. The number of rotatable bonds is 2. The van der Waals surface area contributed by atoms with Gasteiger partial charge >= 0.3 is 0 Å². The minimum atomic E-state index is 0.171. The van der Waals surface area contributed by atoms with Crippen LogP contribution in [0.3, 0.4) is 0 Å². The van der Waals surface area contributed by atoms with E-state index in [4.69, 9.17) is 0 Å². The Bertz CT molecular complexity index is 349. The number of nitrogens with one attached hydrogen (secondary N) is 2. The first-order valence-electron chi connectivity index (χ1n) is 5.69. The van der Waals surface area contributed by atoms with Crippen molar-refractivity contribution in [1.29, 1.82) is 0 Å². The number of hydrogen-bond donors (Lipinski definition) is 2. The molecule has 1 aromatic heterocycles. The second-order valence-electron chi connectivity index (χ2n) is 4.33. The van der Waals surface area contributed by atoms with E-state index < -0.39 is 0 Å². The van der Waals surface area contributed by atoms with Crippen molar-refractivity contribution in [2.24, 2.45) is 0 Å². The summed E-state index contributed by atoms with van der Waals surface area (Å²) in [7, 11) is 0. The quantitative estimate of drug-likeness (QED) is 0.749. The Labute approximate surface area is 95.2 Å². The standard InChI is InChI=1S/C11H18N4O/c1-8-9(2)15(6-5-12-8)11(16)7-10-3-4-13-14-10/h3-4,8-9,12H,5-7H2,1-2H3,(H,13,14). The normalized spacial score (nSPS) is 25.8. The summed E-state index contributed by atoms with van der Waals surface area (Å²) in [6.45, 7) is 5.86. The summed E-state index contributed by atoms with van der Waals surface area (Å²) < 4.78 is 0. The molecule has 5 nitrogen and oxygen atoms in total. The van der Waals surface area contributed by atoms with E-state index in [0.717, 1.165) is 18.8 Å². The molecular formula is C11H18N4O. The first-order valence-corrected chi connectivity index (χ1v) is 5.69. The Kier molecular flexibility index (Phi) is 3.24. The molecule has 0 bridgehead atoms. The predicted molar refractivity (Wildman–Crippen MR) is 60.9 cm³/mol. The lowest BCUT2D eigenvalue weighted by atomic mass is 10.1. The Morgan fingerprint density at radius 3 is 3.12 bits per heavy atom. The van der Waals surface area contributed by atoms with Crippen molar-refractivity contribution in [2.45, 2.75) is 32.4 Å². The Balaban J connectivity index is 1.98. The van der Waals surface area contributed by atoms with E-state index in [1.807, 2.05) is 11.0 Å². The lowest BCUT2D eigenvalue weighted by Crippen LogP contribution is -2.57. The van der Waals surface area contributed by atoms with Crippen molar-refractivity contribution in [3.63, 3.8) is 0 Å². The van der Waals surface area contributed by atoms with Gasteiger partial charge in [0.2, 0.25) is 5.91 Å². The van der Waals surface area contributed by atoms with E-state index in [0.29, 0.717) is 12.5 Å². The maximum Gasteiger partial charge on any atom is 0.228 e.